The summed E-state index contributed by atoms with van der Waals surface area (Å²) in [5, 5.41) is 3.15. The van der Waals surface area contributed by atoms with E-state index < -0.39 is 11.9 Å². The second kappa shape index (κ2) is 9.33. The van der Waals surface area contributed by atoms with Gasteiger partial charge in [0.2, 0.25) is 5.91 Å². The molecular weight excluding hydrogens is 383 g/mol. The Balaban J connectivity index is 0.00000261. The van der Waals surface area contributed by atoms with Gasteiger partial charge in [-0.1, -0.05) is 72.3 Å². The van der Waals surface area contributed by atoms with E-state index in [-0.39, 0.29) is 18.2 Å². The van der Waals surface area contributed by atoms with E-state index in [1.54, 1.807) is 54.6 Å². The van der Waals surface area contributed by atoms with Crippen LogP contribution in [0.5, 0.6) is 0 Å². The van der Waals surface area contributed by atoms with Crippen molar-refractivity contribution in [1.29, 1.82) is 0 Å². The van der Waals surface area contributed by atoms with Gasteiger partial charge in [-0.3, -0.25) is 9.59 Å². The number of benzene rings is 3. The van der Waals surface area contributed by atoms with Gasteiger partial charge in [0, 0.05) is 16.1 Å². The molecule has 0 aliphatic carbocycles. The third-order valence-electron chi connectivity index (χ3n) is 3.96. The summed E-state index contributed by atoms with van der Waals surface area (Å²) in [6, 6.07) is 21.8. The Labute approximate surface area is 168 Å². The van der Waals surface area contributed by atoms with E-state index >= 15 is 0 Å². The highest BCUT2D eigenvalue weighted by Gasteiger charge is 2.20. The molecule has 0 radical (unpaired) electrons. The van der Waals surface area contributed by atoms with Crippen molar-refractivity contribution in [3.05, 3.63) is 101 Å². The summed E-state index contributed by atoms with van der Waals surface area (Å²) in [6.45, 7) is 0. The number of halogens is 2. The molecule has 4 nitrogen and oxygen atoms in total. The van der Waals surface area contributed by atoms with Crippen LogP contribution in [0.2, 0.25) is 5.02 Å². The average molecular weight is 401 g/mol. The maximum atomic E-state index is 12.8. The molecule has 0 spiro atoms. The van der Waals surface area contributed by atoms with Crippen molar-refractivity contribution in [2.24, 2.45) is 5.73 Å². The van der Waals surface area contributed by atoms with Crippen LogP contribution in [-0.4, -0.2) is 11.7 Å². The minimum absolute atomic E-state index is 0. The molecule has 3 aromatic rings. The zero-order valence-electron chi connectivity index (χ0n) is 14.3. The Kier molecular flexibility index (Phi) is 7.13. The van der Waals surface area contributed by atoms with Gasteiger partial charge in [-0.05, 0) is 23.8 Å². The molecule has 27 heavy (non-hydrogen) atoms. The van der Waals surface area contributed by atoms with Gasteiger partial charge in [-0.15, -0.1) is 12.4 Å². The quantitative estimate of drug-likeness (QED) is 0.613. The van der Waals surface area contributed by atoms with Crippen molar-refractivity contribution < 1.29 is 9.59 Å². The summed E-state index contributed by atoms with van der Waals surface area (Å²) in [7, 11) is 0. The van der Waals surface area contributed by atoms with Gasteiger partial charge in [0.05, 0.1) is 5.69 Å². The Morgan fingerprint density at radius 1 is 0.889 bits per heavy atom. The van der Waals surface area contributed by atoms with Gasteiger partial charge in [-0.2, -0.15) is 0 Å². The Hall–Kier alpha value is -2.66. The SMILES string of the molecule is Cl.N[C@H](C(=O)Nc1ccc(Cl)cc1C(=O)c1ccccc1)c1ccccc1. The number of rotatable bonds is 5. The number of nitrogens with one attached hydrogen (secondary N) is 1. The van der Waals surface area contributed by atoms with E-state index in [9.17, 15) is 9.59 Å². The number of ketones is 1. The van der Waals surface area contributed by atoms with E-state index in [2.05, 4.69) is 5.32 Å². The fourth-order valence-corrected chi connectivity index (χ4v) is 2.75. The molecule has 1 amide bonds. The molecule has 0 fully saturated rings. The summed E-state index contributed by atoms with van der Waals surface area (Å²) < 4.78 is 0. The van der Waals surface area contributed by atoms with Gasteiger partial charge in [0.25, 0.3) is 0 Å². The summed E-state index contributed by atoms with van der Waals surface area (Å²) in [5.41, 5.74) is 7.92. The second-order valence-electron chi connectivity index (χ2n) is 5.76. The predicted octanol–water partition coefficient (Wildman–Crippen LogP) is 4.63. The lowest BCUT2D eigenvalue weighted by atomic mass is 10.0. The third-order valence-corrected chi connectivity index (χ3v) is 4.20. The molecule has 3 rings (SSSR count). The first kappa shape index (κ1) is 20.6. The molecule has 0 bridgehead atoms. The van der Waals surface area contributed by atoms with Crippen molar-refractivity contribution in [2.75, 3.05) is 5.32 Å². The van der Waals surface area contributed by atoms with Crippen LogP contribution in [0.1, 0.15) is 27.5 Å². The standard InChI is InChI=1S/C21H17ClN2O2.ClH/c22-16-11-12-18(17(13-16)20(25)15-9-5-2-6-10-15)24-21(26)19(23)14-7-3-1-4-8-14;/h1-13,19H,23H2,(H,24,26);1H/t19-;/m0./s1. The Morgan fingerprint density at radius 3 is 2.11 bits per heavy atom. The zero-order valence-corrected chi connectivity index (χ0v) is 15.8. The maximum Gasteiger partial charge on any atom is 0.245 e. The molecule has 3 aromatic carbocycles. The number of hydrogen-bond donors (Lipinski definition) is 2. The number of carbonyl (C=O) groups is 2. The number of amides is 1. The predicted molar refractivity (Wildman–Crippen MR) is 111 cm³/mol. The summed E-state index contributed by atoms with van der Waals surface area (Å²) >= 11 is 6.05. The molecule has 0 aromatic heterocycles. The monoisotopic (exact) mass is 400 g/mol. The van der Waals surface area contributed by atoms with Gasteiger partial charge >= 0.3 is 0 Å². The molecule has 0 aliphatic rings. The fourth-order valence-electron chi connectivity index (χ4n) is 2.58. The van der Waals surface area contributed by atoms with Crippen molar-refractivity contribution in [3.63, 3.8) is 0 Å². The highest BCUT2D eigenvalue weighted by atomic mass is 35.5. The molecule has 0 aliphatic heterocycles. The van der Waals surface area contributed by atoms with Crippen LogP contribution in [0.4, 0.5) is 5.69 Å². The molecule has 0 saturated heterocycles. The van der Waals surface area contributed by atoms with Crippen molar-refractivity contribution in [2.45, 2.75) is 6.04 Å². The highest BCUT2D eigenvalue weighted by molar-refractivity contribution is 6.31. The van der Waals surface area contributed by atoms with Gasteiger partial charge < -0.3 is 11.1 Å². The van der Waals surface area contributed by atoms with E-state index in [4.69, 9.17) is 17.3 Å². The Bertz CT molecular complexity index is 931. The first-order valence-corrected chi connectivity index (χ1v) is 8.45. The minimum atomic E-state index is -0.841. The van der Waals surface area contributed by atoms with Crippen LogP contribution in [0, 0.1) is 0 Å². The first-order valence-electron chi connectivity index (χ1n) is 8.07. The molecule has 6 heteroatoms. The maximum absolute atomic E-state index is 12.8. The lowest BCUT2D eigenvalue weighted by Gasteiger charge is -2.15. The van der Waals surface area contributed by atoms with Crippen LogP contribution in [0.3, 0.4) is 0 Å². The zero-order chi connectivity index (χ0) is 18.5. The van der Waals surface area contributed by atoms with Gasteiger partial charge in [0.1, 0.15) is 6.04 Å². The summed E-state index contributed by atoms with van der Waals surface area (Å²) in [4.78, 5) is 25.3. The fraction of sp³-hybridized carbons (Fsp3) is 0.0476. The molecule has 0 heterocycles. The molecular formula is C21H18Cl2N2O2. The summed E-state index contributed by atoms with van der Waals surface area (Å²) in [6.07, 6.45) is 0. The molecule has 0 saturated carbocycles. The van der Waals surface area contributed by atoms with Crippen molar-refractivity contribution >= 4 is 41.4 Å². The topological polar surface area (TPSA) is 72.2 Å². The van der Waals surface area contributed by atoms with Crippen LogP contribution in [0.15, 0.2) is 78.9 Å². The molecule has 1 atom stereocenters. The number of nitrogens with two attached hydrogens (primary N) is 1. The Morgan fingerprint density at radius 2 is 1.48 bits per heavy atom. The lowest BCUT2D eigenvalue weighted by Crippen LogP contribution is -2.28. The van der Waals surface area contributed by atoms with Gasteiger partial charge in [0.15, 0.2) is 5.78 Å². The van der Waals surface area contributed by atoms with Crippen molar-refractivity contribution in [1.82, 2.24) is 0 Å². The minimum Gasteiger partial charge on any atom is -0.324 e. The van der Waals surface area contributed by atoms with Crippen LogP contribution >= 0.6 is 24.0 Å². The molecule has 138 valence electrons. The summed E-state index contributed by atoms with van der Waals surface area (Å²) in [5.74, 6) is -0.627. The highest BCUT2D eigenvalue weighted by Crippen LogP contribution is 2.25. The average Bonchev–Trinajstić information content (AvgIpc) is 2.69. The second-order valence-corrected chi connectivity index (χ2v) is 6.20. The third kappa shape index (κ3) is 4.95. The van der Waals surface area contributed by atoms with E-state index in [0.29, 0.717) is 27.4 Å². The van der Waals surface area contributed by atoms with Crippen LogP contribution in [-0.2, 0) is 4.79 Å². The van der Waals surface area contributed by atoms with E-state index in [0.717, 1.165) is 0 Å². The number of carbonyl (C=O) groups excluding carboxylic acids is 2. The van der Waals surface area contributed by atoms with Crippen LogP contribution < -0.4 is 11.1 Å². The van der Waals surface area contributed by atoms with Gasteiger partial charge in [-0.25, -0.2) is 0 Å². The van der Waals surface area contributed by atoms with Crippen molar-refractivity contribution in [3.8, 4) is 0 Å². The lowest BCUT2D eigenvalue weighted by molar-refractivity contribution is -0.117. The van der Waals surface area contributed by atoms with E-state index in [1.165, 1.54) is 0 Å². The van der Waals surface area contributed by atoms with E-state index in [1.807, 2.05) is 24.3 Å². The smallest absolute Gasteiger partial charge is 0.245 e. The normalized spacial score (nSPS) is 11.2. The molecule has 0 unspecified atom stereocenters. The number of hydrogen-bond acceptors (Lipinski definition) is 3. The first-order chi connectivity index (χ1) is 12.6. The largest absolute Gasteiger partial charge is 0.324 e. The van der Waals surface area contributed by atoms with Crippen LogP contribution in [0.25, 0.3) is 0 Å². The molecule has 3 N–H and O–H groups in total. The number of anilines is 1.